The van der Waals surface area contributed by atoms with Crippen molar-refractivity contribution < 1.29 is 9.47 Å². The first-order chi connectivity index (χ1) is 12.7. The largest absolute Gasteiger partial charge is 0.497 e. The van der Waals surface area contributed by atoms with Crippen molar-refractivity contribution in [3.8, 4) is 22.6 Å². The molecule has 0 aliphatic carbocycles. The lowest BCUT2D eigenvalue weighted by molar-refractivity contribution is 0.124. The van der Waals surface area contributed by atoms with Gasteiger partial charge in [-0.3, -0.25) is 0 Å². The highest BCUT2D eigenvalue weighted by molar-refractivity contribution is 5.98. The maximum atomic E-state index is 6.31. The van der Waals surface area contributed by atoms with Crippen molar-refractivity contribution in [2.45, 2.75) is 19.8 Å². The van der Waals surface area contributed by atoms with Crippen molar-refractivity contribution in [3.63, 3.8) is 0 Å². The molecule has 1 fully saturated rings. The molecule has 3 aromatic rings. The summed E-state index contributed by atoms with van der Waals surface area (Å²) in [5, 5.41) is 4.46. The van der Waals surface area contributed by atoms with Crippen molar-refractivity contribution in [1.82, 2.24) is 15.3 Å². The number of pyridine rings is 1. The van der Waals surface area contributed by atoms with E-state index in [-0.39, 0.29) is 5.41 Å². The molecule has 136 valence electrons. The number of aromatic amines is 1. The molecule has 1 aliphatic rings. The van der Waals surface area contributed by atoms with E-state index in [4.69, 9.17) is 9.47 Å². The van der Waals surface area contributed by atoms with Crippen molar-refractivity contribution in [2.24, 2.45) is 5.41 Å². The van der Waals surface area contributed by atoms with E-state index in [9.17, 15) is 0 Å². The molecule has 4 rings (SSSR count). The van der Waals surface area contributed by atoms with Gasteiger partial charge in [0, 0.05) is 23.4 Å². The number of hydrogen-bond acceptors (Lipinski definition) is 4. The van der Waals surface area contributed by atoms with Crippen LogP contribution in [-0.4, -0.2) is 36.8 Å². The molecule has 0 saturated carbocycles. The number of H-pyrrole nitrogens is 1. The minimum Gasteiger partial charge on any atom is -0.497 e. The molecule has 3 heterocycles. The summed E-state index contributed by atoms with van der Waals surface area (Å²) < 4.78 is 11.6. The zero-order valence-corrected chi connectivity index (χ0v) is 15.3. The topological polar surface area (TPSA) is 59.2 Å². The second-order valence-corrected chi connectivity index (χ2v) is 7.31. The maximum Gasteiger partial charge on any atom is 0.141 e. The fraction of sp³-hybridized carbons (Fsp3) is 0.381. The Balaban J connectivity index is 1.65. The molecular weight excluding hydrogens is 326 g/mol. The molecule has 2 aromatic heterocycles. The monoisotopic (exact) mass is 351 g/mol. The minimum absolute atomic E-state index is 0.220. The van der Waals surface area contributed by atoms with Gasteiger partial charge in [-0.15, -0.1) is 0 Å². The van der Waals surface area contributed by atoms with E-state index in [2.05, 4.69) is 34.3 Å². The van der Waals surface area contributed by atoms with Gasteiger partial charge in [0.05, 0.1) is 19.1 Å². The summed E-state index contributed by atoms with van der Waals surface area (Å²) in [5.74, 6) is 1.74. The Morgan fingerprint density at radius 1 is 1.12 bits per heavy atom. The Hall–Kier alpha value is -2.53. The second kappa shape index (κ2) is 7.00. The molecular formula is C21H25N3O2. The van der Waals surface area contributed by atoms with Crippen molar-refractivity contribution in [1.29, 1.82) is 0 Å². The Morgan fingerprint density at radius 2 is 1.88 bits per heavy atom. The van der Waals surface area contributed by atoms with Crippen LogP contribution in [0, 0.1) is 5.41 Å². The molecule has 2 N–H and O–H groups in total. The van der Waals surface area contributed by atoms with Gasteiger partial charge in [0.25, 0.3) is 0 Å². The third-order valence-corrected chi connectivity index (χ3v) is 5.32. The third kappa shape index (κ3) is 3.27. The van der Waals surface area contributed by atoms with Gasteiger partial charge in [-0.1, -0.05) is 19.1 Å². The van der Waals surface area contributed by atoms with Crippen LogP contribution in [0.5, 0.6) is 11.5 Å². The van der Waals surface area contributed by atoms with E-state index in [1.165, 1.54) is 0 Å². The first kappa shape index (κ1) is 16.9. The Kier molecular flexibility index (Phi) is 4.55. The molecule has 5 nitrogen and oxygen atoms in total. The zero-order chi connectivity index (χ0) is 18.0. The maximum absolute atomic E-state index is 6.31. The SMILES string of the molecule is COc1ccc(-c2c[nH]c3nccc(OCC4(C)CCNCC4)c23)cc1. The number of fused-ring (bicyclic) bond motifs is 1. The van der Waals surface area contributed by atoms with Gasteiger partial charge < -0.3 is 19.8 Å². The first-order valence-corrected chi connectivity index (χ1v) is 9.13. The third-order valence-electron chi connectivity index (χ3n) is 5.32. The molecule has 1 saturated heterocycles. The Bertz CT molecular complexity index is 880. The van der Waals surface area contributed by atoms with Gasteiger partial charge >= 0.3 is 0 Å². The second-order valence-electron chi connectivity index (χ2n) is 7.31. The van der Waals surface area contributed by atoms with E-state index < -0.39 is 0 Å². The van der Waals surface area contributed by atoms with Crippen LogP contribution in [0.1, 0.15) is 19.8 Å². The lowest BCUT2D eigenvalue weighted by Gasteiger charge is -2.33. The summed E-state index contributed by atoms with van der Waals surface area (Å²) in [5.41, 5.74) is 3.28. The average Bonchev–Trinajstić information content (AvgIpc) is 3.12. The normalized spacial score (nSPS) is 16.5. The van der Waals surface area contributed by atoms with Gasteiger partial charge in [-0.05, 0) is 49.7 Å². The van der Waals surface area contributed by atoms with Crippen LogP contribution in [-0.2, 0) is 0 Å². The van der Waals surface area contributed by atoms with Crippen molar-refractivity contribution in [3.05, 3.63) is 42.7 Å². The standard InChI is InChI=1S/C21H25N3O2/c1-21(8-11-22-12-9-21)14-26-18-7-10-23-20-19(18)17(13-24-20)15-3-5-16(25-2)6-4-15/h3-7,10,13,22H,8-9,11-12,14H2,1-2H3,(H,23,24). The number of aromatic nitrogens is 2. The molecule has 26 heavy (non-hydrogen) atoms. The predicted octanol–water partition coefficient (Wildman–Crippen LogP) is 4.01. The molecule has 0 atom stereocenters. The number of nitrogens with one attached hydrogen (secondary N) is 2. The van der Waals surface area contributed by atoms with Crippen molar-refractivity contribution >= 4 is 11.0 Å². The van der Waals surface area contributed by atoms with Gasteiger partial charge in [-0.2, -0.15) is 0 Å². The summed E-state index contributed by atoms with van der Waals surface area (Å²) in [6.07, 6.45) is 6.08. The number of hydrogen-bond donors (Lipinski definition) is 2. The van der Waals surface area contributed by atoms with E-state index in [0.29, 0.717) is 0 Å². The molecule has 5 heteroatoms. The highest BCUT2D eigenvalue weighted by Crippen LogP contribution is 2.36. The smallest absolute Gasteiger partial charge is 0.141 e. The van der Waals surface area contributed by atoms with E-state index in [0.717, 1.165) is 66.2 Å². The molecule has 0 bridgehead atoms. The summed E-state index contributed by atoms with van der Waals surface area (Å²) in [7, 11) is 1.68. The van der Waals surface area contributed by atoms with Gasteiger partial charge in [0.15, 0.2) is 0 Å². The van der Waals surface area contributed by atoms with Crippen LogP contribution in [0.15, 0.2) is 42.7 Å². The summed E-state index contributed by atoms with van der Waals surface area (Å²) in [6.45, 7) is 5.16. The predicted molar refractivity (Wildman–Crippen MR) is 104 cm³/mol. The van der Waals surface area contributed by atoms with Crippen LogP contribution in [0.25, 0.3) is 22.2 Å². The van der Waals surface area contributed by atoms with Crippen LogP contribution in [0.3, 0.4) is 0 Å². The molecule has 1 aromatic carbocycles. The lowest BCUT2D eigenvalue weighted by Crippen LogP contribution is -2.38. The number of ether oxygens (including phenoxy) is 2. The summed E-state index contributed by atoms with van der Waals surface area (Å²) in [6, 6.07) is 10.0. The van der Waals surface area contributed by atoms with Gasteiger partial charge in [-0.25, -0.2) is 4.98 Å². The van der Waals surface area contributed by atoms with Crippen LogP contribution in [0.2, 0.25) is 0 Å². The summed E-state index contributed by atoms with van der Waals surface area (Å²) >= 11 is 0. The minimum atomic E-state index is 0.220. The number of benzene rings is 1. The molecule has 1 aliphatic heterocycles. The number of methoxy groups -OCH3 is 1. The van der Waals surface area contributed by atoms with E-state index in [1.54, 1.807) is 13.3 Å². The quantitative estimate of drug-likeness (QED) is 0.729. The highest BCUT2D eigenvalue weighted by atomic mass is 16.5. The van der Waals surface area contributed by atoms with E-state index >= 15 is 0 Å². The summed E-state index contributed by atoms with van der Waals surface area (Å²) in [4.78, 5) is 7.73. The number of rotatable bonds is 5. The van der Waals surface area contributed by atoms with Gasteiger partial charge in [0.1, 0.15) is 17.1 Å². The first-order valence-electron chi connectivity index (χ1n) is 9.13. The molecule has 0 spiro atoms. The van der Waals surface area contributed by atoms with Gasteiger partial charge in [0.2, 0.25) is 0 Å². The van der Waals surface area contributed by atoms with Crippen molar-refractivity contribution in [2.75, 3.05) is 26.8 Å². The number of piperidine rings is 1. The van der Waals surface area contributed by atoms with Crippen LogP contribution in [0.4, 0.5) is 0 Å². The lowest BCUT2D eigenvalue weighted by atomic mass is 9.82. The average molecular weight is 351 g/mol. The Labute approximate surface area is 153 Å². The number of nitrogens with zero attached hydrogens (tertiary/aromatic N) is 1. The fourth-order valence-corrected chi connectivity index (χ4v) is 3.57. The molecule has 0 radical (unpaired) electrons. The highest BCUT2D eigenvalue weighted by Gasteiger charge is 2.28. The van der Waals surface area contributed by atoms with E-state index in [1.807, 2.05) is 24.4 Å². The molecule has 0 unspecified atom stereocenters. The Morgan fingerprint density at radius 3 is 2.62 bits per heavy atom. The molecule has 0 amide bonds. The fourth-order valence-electron chi connectivity index (χ4n) is 3.57. The van der Waals surface area contributed by atoms with Crippen LogP contribution < -0.4 is 14.8 Å². The van der Waals surface area contributed by atoms with Crippen LogP contribution >= 0.6 is 0 Å². The zero-order valence-electron chi connectivity index (χ0n) is 15.3.